The number of fused-ring (bicyclic) bond motifs is 1. The van der Waals surface area contributed by atoms with Crippen LogP contribution in [0.2, 0.25) is 0 Å². The van der Waals surface area contributed by atoms with Crippen LogP contribution in [0.4, 0.5) is 0 Å². The van der Waals surface area contributed by atoms with E-state index in [4.69, 9.17) is 0 Å². The molecule has 1 amide bonds. The van der Waals surface area contributed by atoms with Crippen molar-refractivity contribution in [2.45, 2.75) is 46.6 Å². The maximum absolute atomic E-state index is 12.0. The number of Topliss-reactive ketones (excluding diaryl/α,β-unsaturated/α-hetero) is 1. The van der Waals surface area contributed by atoms with E-state index in [2.05, 4.69) is 13.8 Å². The van der Waals surface area contributed by atoms with Crippen molar-refractivity contribution in [3.63, 3.8) is 0 Å². The van der Waals surface area contributed by atoms with Crippen LogP contribution in [0, 0.1) is 17.3 Å². The van der Waals surface area contributed by atoms with Crippen LogP contribution in [-0.4, -0.2) is 29.2 Å². The first-order valence-electron chi connectivity index (χ1n) is 6.18. The zero-order chi connectivity index (χ0) is 12.1. The second-order valence-corrected chi connectivity index (χ2v) is 5.91. The molecule has 0 aromatic carbocycles. The van der Waals surface area contributed by atoms with E-state index in [9.17, 15) is 9.59 Å². The fourth-order valence-electron chi connectivity index (χ4n) is 3.75. The fraction of sp³-hybridized carbons (Fsp3) is 0.846. The van der Waals surface area contributed by atoms with Crippen molar-refractivity contribution in [3.8, 4) is 0 Å². The van der Waals surface area contributed by atoms with Gasteiger partial charge in [-0.3, -0.25) is 9.59 Å². The van der Waals surface area contributed by atoms with Crippen molar-refractivity contribution in [3.05, 3.63) is 0 Å². The summed E-state index contributed by atoms with van der Waals surface area (Å²) in [5.41, 5.74) is 0.227. The fourth-order valence-corrected chi connectivity index (χ4v) is 3.75. The second kappa shape index (κ2) is 3.57. The predicted octanol–water partition coefficient (Wildman–Crippen LogP) is 1.86. The SMILES string of the molecule is CCC(=O)[C@@H]1[C@@H]2C(CN1C(C)=O)CC2(C)C. The van der Waals surface area contributed by atoms with Gasteiger partial charge in [0.15, 0.2) is 5.78 Å². The number of hydrogen-bond donors (Lipinski definition) is 0. The lowest BCUT2D eigenvalue weighted by Gasteiger charge is -2.49. The first-order chi connectivity index (χ1) is 7.38. The van der Waals surface area contributed by atoms with Gasteiger partial charge < -0.3 is 4.90 Å². The summed E-state index contributed by atoms with van der Waals surface area (Å²) in [6.07, 6.45) is 1.68. The van der Waals surface area contributed by atoms with Gasteiger partial charge in [0.1, 0.15) is 0 Å². The van der Waals surface area contributed by atoms with E-state index < -0.39 is 0 Å². The molecule has 0 N–H and O–H groups in total. The Morgan fingerprint density at radius 1 is 1.38 bits per heavy atom. The summed E-state index contributed by atoms with van der Waals surface area (Å²) in [7, 11) is 0. The molecular weight excluding hydrogens is 202 g/mol. The lowest BCUT2D eigenvalue weighted by molar-refractivity contribution is -0.138. The van der Waals surface area contributed by atoms with Crippen LogP contribution in [-0.2, 0) is 9.59 Å². The molecule has 16 heavy (non-hydrogen) atoms. The lowest BCUT2D eigenvalue weighted by atomic mass is 9.54. The molecule has 3 nitrogen and oxygen atoms in total. The number of carbonyl (C=O) groups excluding carboxylic acids is 2. The van der Waals surface area contributed by atoms with Crippen molar-refractivity contribution >= 4 is 11.7 Å². The van der Waals surface area contributed by atoms with Crippen LogP contribution in [0.1, 0.15) is 40.5 Å². The minimum absolute atomic E-state index is 0.0528. The Bertz CT molecular complexity index is 335. The Labute approximate surface area is 97.2 Å². The first-order valence-corrected chi connectivity index (χ1v) is 6.18. The number of amides is 1. The van der Waals surface area contributed by atoms with Gasteiger partial charge >= 0.3 is 0 Å². The summed E-state index contributed by atoms with van der Waals surface area (Å²) < 4.78 is 0. The van der Waals surface area contributed by atoms with E-state index in [1.807, 2.05) is 6.92 Å². The van der Waals surface area contributed by atoms with Crippen LogP contribution < -0.4 is 0 Å². The van der Waals surface area contributed by atoms with E-state index in [1.165, 1.54) is 0 Å². The molecule has 1 saturated heterocycles. The lowest BCUT2D eigenvalue weighted by Crippen LogP contribution is -2.50. The highest BCUT2D eigenvalue weighted by Crippen LogP contribution is 2.57. The number of nitrogens with zero attached hydrogens (tertiary/aromatic N) is 1. The van der Waals surface area contributed by atoms with Gasteiger partial charge in [0.2, 0.25) is 5.91 Å². The molecule has 1 aliphatic carbocycles. The van der Waals surface area contributed by atoms with Crippen LogP contribution in [0.15, 0.2) is 0 Å². The third-order valence-electron chi connectivity index (χ3n) is 4.39. The average molecular weight is 223 g/mol. The van der Waals surface area contributed by atoms with Gasteiger partial charge in [-0.05, 0) is 23.7 Å². The molecule has 0 radical (unpaired) electrons. The maximum atomic E-state index is 12.0. The third kappa shape index (κ3) is 1.48. The Balaban J connectivity index is 2.26. The molecule has 0 aromatic heterocycles. The Morgan fingerprint density at radius 3 is 2.44 bits per heavy atom. The van der Waals surface area contributed by atoms with E-state index in [0.29, 0.717) is 18.3 Å². The predicted molar refractivity (Wildman–Crippen MR) is 61.9 cm³/mol. The summed E-state index contributed by atoms with van der Waals surface area (Å²) in [5, 5.41) is 0. The molecular formula is C13H21NO2. The van der Waals surface area contributed by atoms with Crippen molar-refractivity contribution in [2.75, 3.05) is 6.54 Å². The molecule has 0 spiro atoms. The number of carbonyl (C=O) groups is 2. The molecule has 1 unspecified atom stereocenters. The van der Waals surface area contributed by atoms with Crippen LogP contribution >= 0.6 is 0 Å². The van der Waals surface area contributed by atoms with Crippen LogP contribution in [0.3, 0.4) is 0 Å². The highest BCUT2D eigenvalue weighted by atomic mass is 16.2. The van der Waals surface area contributed by atoms with Gasteiger partial charge in [-0.2, -0.15) is 0 Å². The highest BCUT2D eigenvalue weighted by Gasteiger charge is 2.59. The Morgan fingerprint density at radius 2 is 2.00 bits per heavy atom. The highest BCUT2D eigenvalue weighted by molar-refractivity contribution is 5.89. The molecule has 3 atom stereocenters. The Kier molecular flexibility index (Phi) is 2.59. The summed E-state index contributed by atoms with van der Waals surface area (Å²) in [4.78, 5) is 25.4. The Hall–Kier alpha value is -0.860. The van der Waals surface area contributed by atoms with Crippen LogP contribution in [0.5, 0.6) is 0 Å². The van der Waals surface area contributed by atoms with E-state index in [1.54, 1.807) is 11.8 Å². The molecule has 0 aromatic rings. The molecule has 1 heterocycles. The topological polar surface area (TPSA) is 37.4 Å². The van der Waals surface area contributed by atoms with Gasteiger partial charge in [0, 0.05) is 19.9 Å². The zero-order valence-electron chi connectivity index (χ0n) is 10.6. The third-order valence-corrected chi connectivity index (χ3v) is 4.39. The molecule has 0 bridgehead atoms. The largest absolute Gasteiger partial charge is 0.332 e. The van der Waals surface area contributed by atoms with E-state index in [-0.39, 0.29) is 23.1 Å². The molecule has 1 saturated carbocycles. The standard InChI is InChI=1S/C13H21NO2/c1-5-10(16)12-11-9(6-13(11,3)4)7-14(12)8(2)15/h9,11-12H,5-7H2,1-4H3/t9?,11-,12+/m0/s1. The monoisotopic (exact) mass is 223 g/mol. The van der Waals surface area contributed by atoms with Crippen molar-refractivity contribution in [2.24, 2.45) is 17.3 Å². The summed E-state index contributed by atoms with van der Waals surface area (Å²) in [6.45, 7) is 8.69. The molecule has 2 rings (SSSR count). The van der Waals surface area contributed by atoms with E-state index >= 15 is 0 Å². The van der Waals surface area contributed by atoms with Gasteiger partial charge in [0.25, 0.3) is 0 Å². The van der Waals surface area contributed by atoms with Crippen molar-refractivity contribution in [1.29, 1.82) is 0 Å². The maximum Gasteiger partial charge on any atom is 0.220 e. The molecule has 2 fully saturated rings. The number of ketones is 1. The number of hydrogen-bond acceptors (Lipinski definition) is 2. The quantitative estimate of drug-likeness (QED) is 0.716. The first kappa shape index (κ1) is 11.6. The van der Waals surface area contributed by atoms with Crippen molar-refractivity contribution in [1.82, 2.24) is 4.90 Å². The van der Waals surface area contributed by atoms with Crippen LogP contribution in [0.25, 0.3) is 0 Å². The van der Waals surface area contributed by atoms with Crippen molar-refractivity contribution < 1.29 is 9.59 Å². The molecule has 90 valence electrons. The van der Waals surface area contributed by atoms with E-state index in [0.717, 1.165) is 13.0 Å². The smallest absolute Gasteiger partial charge is 0.220 e. The second-order valence-electron chi connectivity index (χ2n) is 5.91. The normalized spacial score (nSPS) is 35.5. The summed E-state index contributed by atoms with van der Waals surface area (Å²) in [6, 6.07) is -0.142. The zero-order valence-corrected chi connectivity index (χ0v) is 10.6. The molecule has 2 aliphatic rings. The van der Waals surface area contributed by atoms with Gasteiger partial charge in [0.05, 0.1) is 6.04 Å². The number of rotatable bonds is 2. The summed E-state index contributed by atoms with van der Waals surface area (Å²) in [5.74, 6) is 1.23. The van der Waals surface area contributed by atoms with Gasteiger partial charge in [-0.1, -0.05) is 20.8 Å². The van der Waals surface area contributed by atoms with Gasteiger partial charge in [-0.15, -0.1) is 0 Å². The average Bonchev–Trinajstić information content (AvgIpc) is 2.51. The van der Waals surface area contributed by atoms with Gasteiger partial charge in [-0.25, -0.2) is 0 Å². The minimum Gasteiger partial charge on any atom is -0.332 e. The molecule has 1 aliphatic heterocycles. The summed E-state index contributed by atoms with van der Waals surface area (Å²) >= 11 is 0. The minimum atomic E-state index is -0.142. The number of likely N-dealkylation sites (tertiary alicyclic amines) is 1. The molecule has 3 heteroatoms.